The van der Waals surface area contributed by atoms with Crippen molar-refractivity contribution in [2.45, 2.75) is 46.9 Å². The highest BCUT2D eigenvalue weighted by Crippen LogP contribution is 2.34. The van der Waals surface area contributed by atoms with Crippen LogP contribution in [0.5, 0.6) is 0 Å². The van der Waals surface area contributed by atoms with E-state index in [4.69, 9.17) is 4.74 Å². The third-order valence-corrected chi connectivity index (χ3v) is 4.59. The molecule has 0 unspecified atom stereocenters. The Labute approximate surface area is 137 Å². The lowest BCUT2D eigenvalue weighted by molar-refractivity contribution is 0.184. The highest BCUT2D eigenvalue weighted by molar-refractivity contribution is 7.09. The Morgan fingerprint density at radius 3 is 2.64 bits per heavy atom. The maximum absolute atomic E-state index is 5.13. The number of hydrogen-bond acceptors (Lipinski definition) is 4. The molecule has 1 aromatic carbocycles. The summed E-state index contributed by atoms with van der Waals surface area (Å²) in [7, 11) is 1.70. The Balaban J connectivity index is 2.12. The van der Waals surface area contributed by atoms with Crippen LogP contribution in [0.2, 0.25) is 0 Å². The average Bonchev–Trinajstić information content (AvgIpc) is 2.88. The number of benzene rings is 1. The van der Waals surface area contributed by atoms with E-state index >= 15 is 0 Å². The second-order valence-corrected chi connectivity index (χ2v) is 7.64. The summed E-state index contributed by atoms with van der Waals surface area (Å²) >= 11 is 1.66. The molecular weight excluding hydrogens is 292 g/mol. The van der Waals surface area contributed by atoms with E-state index in [1.807, 2.05) is 0 Å². The zero-order valence-electron chi connectivity index (χ0n) is 14.1. The van der Waals surface area contributed by atoms with Gasteiger partial charge in [-0.15, -0.1) is 11.3 Å². The predicted molar refractivity (Wildman–Crippen MR) is 93.0 cm³/mol. The van der Waals surface area contributed by atoms with Crippen molar-refractivity contribution in [3.63, 3.8) is 0 Å². The summed E-state index contributed by atoms with van der Waals surface area (Å²) in [6.07, 6.45) is 0. The number of thiazole rings is 1. The summed E-state index contributed by atoms with van der Waals surface area (Å²) in [5, 5.41) is 6.83. The second-order valence-electron chi connectivity index (χ2n) is 6.70. The quantitative estimate of drug-likeness (QED) is 0.853. The summed E-state index contributed by atoms with van der Waals surface area (Å²) in [5.41, 5.74) is 3.91. The zero-order valence-corrected chi connectivity index (χ0v) is 15.0. The van der Waals surface area contributed by atoms with Crippen LogP contribution in [0.1, 0.15) is 48.6 Å². The fraction of sp³-hybridized carbons (Fsp3) is 0.500. The first-order valence-electron chi connectivity index (χ1n) is 7.63. The molecule has 1 N–H and O–H groups in total. The smallest absolute Gasteiger partial charge is 0.119 e. The number of aromatic nitrogens is 1. The van der Waals surface area contributed by atoms with Gasteiger partial charge in [0, 0.05) is 25.1 Å². The van der Waals surface area contributed by atoms with Crippen LogP contribution in [0.3, 0.4) is 0 Å². The summed E-state index contributed by atoms with van der Waals surface area (Å²) in [5.74, 6) is 0. The summed E-state index contributed by atoms with van der Waals surface area (Å²) in [4.78, 5) is 4.60. The molecule has 0 aliphatic carbocycles. The first kappa shape index (κ1) is 17.1. The zero-order chi connectivity index (χ0) is 16.2. The van der Waals surface area contributed by atoms with Crippen LogP contribution in [-0.2, 0) is 17.9 Å². The molecule has 0 spiro atoms. The van der Waals surface area contributed by atoms with Gasteiger partial charge >= 0.3 is 0 Å². The number of nitrogens with one attached hydrogen (secondary N) is 1. The first-order valence-corrected chi connectivity index (χ1v) is 8.51. The van der Waals surface area contributed by atoms with Crippen molar-refractivity contribution in [3.8, 4) is 0 Å². The van der Waals surface area contributed by atoms with Crippen LogP contribution in [0, 0.1) is 12.3 Å². The molecule has 0 fully saturated rings. The minimum Gasteiger partial charge on any atom is -0.378 e. The van der Waals surface area contributed by atoms with E-state index in [0.717, 1.165) is 17.2 Å². The molecule has 1 atom stereocenters. The molecule has 1 heterocycles. The SMILES string of the molecule is COCc1nc(CN[C@H](c2ccccc2C)C(C)(C)C)cs1. The lowest BCUT2D eigenvalue weighted by atomic mass is 9.81. The molecule has 0 radical (unpaired) electrons. The standard InChI is InChI=1S/C18H26N2OS/c1-13-8-6-7-9-15(13)17(18(2,3)4)19-10-14-12-22-16(20-14)11-21-5/h6-9,12,17,19H,10-11H2,1-5H3/t17-/m1/s1. The monoisotopic (exact) mass is 318 g/mol. The lowest BCUT2D eigenvalue weighted by Crippen LogP contribution is -2.32. The molecule has 0 aliphatic heterocycles. The van der Waals surface area contributed by atoms with E-state index in [0.29, 0.717) is 12.6 Å². The molecule has 22 heavy (non-hydrogen) atoms. The van der Waals surface area contributed by atoms with Gasteiger partial charge in [-0.1, -0.05) is 45.0 Å². The summed E-state index contributed by atoms with van der Waals surface area (Å²) < 4.78 is 5.13. The van der Waals surface area contributed by atoms with Crippen LogP contribution in [0.15, 0.2) is 29.6 Å². The molecule has 0 saturated carbocycles. The molecule has 4 heteroatoms. The van der Waals surface area contributed by atoms with E-state index in [-0.39, 0.29) is 5.41 Å². The topological polar surface area (TPSA) is 34.1 Å². The van der Waals surface area contributed by atoms with E-state index < -0.39 is 0 Å². The maximum atomic E-state index is 5.13. The van der Waals surface area contributed by atoms with Gasteiger partial charge < -0.3 is 10.1 Å². The van der Waals surface area contributed by atoms with Crippen LogP contribution in [-0.4, -0.2) is 12.1 Å². The Bertz CT molecular complexity index is 601. The van der Waals surface area contributed by atoms with Crippen molar-refractivity contribution in [2.24, 2.45) is 5.41 Å². The van der Waals surface area contributed by atoms with Crippen LogP contribution < -0.4 is 5.32 Å². The molecule has 0 aliphatic rings. The Morgan fingerprint density at radius 1 is 1.27 bits per heavy atom. The van der Waals surface area contributed by atoms with Crippen molar-refractivity contribution < 1.29 is 4.74 Å². The molecule has 120 valence electrons. The predicted octanol–water partition coefficient (Wildman–Crippen LogP) is 4.47. The number of aryl methyl sites for hydroxylation is 1. The number of rotatable bonds is 6. The van der Waals surface area contributed by atoms with Crippen LogP contribution in [0.4, 0.5) is 0 Å². The number of hydrogen-bond donors (Lipinski definition) is 1. The normalized spacial score (nSPS) is 13.3. The molecule has 0 amide bonds. The summed E-state index contributed by atoms with van der Waals surface area (Å²) in [6.45, 7) is 10.4. The van der Waals surface area contributed by atoms with Gasteiger partial charge in [-0.2, -0.15) is 0 Å². The third-order valence-electron chi connectivity index (χ3n) is 3.72. The average molecular weight is 318 g/mol. The largest absolute Gasteiger partial charge is 0.378 e. The number of ether oxygens (including phenoxy) is 1. The van der Waals surface area contributed by atoms with Gasteiger partial charge in [0.2, 0.25) is 0 Å². The second kappa shape index (κ2) is 7.36. The highest BCUT2D eigenvalue weighted by atomic mass is 32.1. The van der Waals surface area contributed by atoms with Gasteiger partial charge in [-0.05, 0) is 23.5 Å². The fourth-order valence-electron chi connectivity index (χ4n) is 2.62. The molecule has 1 aromatic heterocycles. The van der Waals surface area contributed by atoms with Crippen molar-refractivity contribution in [3.05, 3.63) is 51.5 Å². The van der Waals surface area contributed by atoms with E-state index in [2.05, 4.69) is 67.6 Å². The molecule has 0 saturated heterocycles. The highest BCUT2D eigenvalue weighted by Gasteiger charge is 2.27. The van der Waals surface area contributed by atoms with E-state index in [1.54, 1.807) is 18.4 Å². The molecule has 3 nitrogen and oxygen atoms in total. The molecular formula is C18H26N2OS. The maximum Gasteiger partial charge on any atom is 0.119 e. The lowest BCUT2D eigenvalue weighted by Gasteiger charge is -2.33. The van der Waals surface area contributed by atoms with Crippen molar-refractivity contribution in [2.75, 3.05) is 7.11 Å². The van der Waals surface area contributed by atoms with Gasteiger partial charge in [0.1, 0.15) is 5.01 Å². The number of nitrogens with zero attached hydrogens (tertiary/aromatic N) is 1. The van der Waals surface area contributed by atoms with Crippen LogP contribution >= 0.6 is 11.3 Å². The Morgan fingerprint density at radius 2 is 2.00 bits per heavy atom. The van der Waals surface area contributed by atoms with E-state index in [9.17, 15) is 0 Å². The van der Waals surface area contributed by atoms with Gasteiger partial charge in [0.15, 0.2) is 0 Å². The Kier molecular flexibility index (Phi) is 5.73. The van der Waals surface area contributed by atoms with Crippen LogP contribution in [0.25, 0.3) is 0 Å². The minimum atomic E-state index is 0.136. The minimum absolute atomic E-state index is 0.136. The first-order chi connectivity index (χ1) is 10.4. The molecule has 2 aromatic rings. The van der Waals surface area contributed by atoms with Gasteiger partial charge in [-0.25, -0.2) is 4.98 Å². The number of methoxy groups -OCH3 is 1. The van der Waals surface area contributed by atoms with Gasteiger partial charge in [0.25, 0.3) is 0 Å². The van der Waals surface area contributed by atoms with Crippen molar-refractivity contribution in [1.82, 2.24) is 10.3 Å². The van der Waals surface area contributed by atoms with E-state index in [1.165, 1.54) is 11.1 Å². The fourth-order valence-corrected chi connectivity index (χ4v) is 3.38. The molecule has 0 bridgehead atoms. The van der Waals surface area contributed by atoms with Crippen molar-refractivity contribution >= 4 is 11.3 Å². The van der Waals surface area contributed by atoms with Gasteiger partial charge in [-0.3, -0.25) is 0 Å². The van der Waals surface area contributed by atoms with Crippen molar-refractivity contribution in [1.29, 1.82) is 0 Å². The Hall–Kier alpha value is -1.23. The van der Waals surface area contributed by atoms with Gasteiger partial charge in [0.05, 0.1) is 12.3 Å². The summed E-state index contributed by atoms with van der Waals surface area (Å²) in [6, 6.07) is 8.89. The third kappa shape index (κ3) is 4.38. The molecule has 2 rings (SSSR count).